The van der Waals surface area contributed by atoms with Gasteiger partial charge in [-0.3, -0.25) is 9.59 Å². The summed E-state index contributed by atoms with van der Waals surface area (Å²) in [4.78, 5) is 22.3. The van der Waals surface area contributed by atoms with E-state index < -0.39 is 0 Å². The lowest BCUT2D eigenvalue weighted by atomic mass is 10.2. The van der Waals surface area contributed by atoms with Gasteiger partial charge in [0.2, 0.25) is 0 Å². The van der Waals surface area contributed by atoms with Crippen molar-refractivity contribution in [3.63, 3.8) is 0 Å². The maximum absolute atomic E-state index is 11.4. The Balaban J connectivity index is 2.80. The van der Waals surface area contributed by atoms with E-state index in [-0.39, 0.29) is 29.1 Å². The summed E-state index contributed by atoms with van der Waals surface area (Å²) in [6.07, 6.45) is 0. The maximum Gasteiger partial charge on any atom is 0.271 e. The van der Waals surface area contributed by atoms with Crippen LogP contribution in [0.1, 0.15) is 41.7 Å². The first-order valence-electron chi connectivity index (χ1n) is 4.66. The van der Waals surface area contributed by atoms with Gasteiger partial charge in [0.05, 0.1) is 0 Å². The number of nitrogens with zero attached hydrogens (tertiary/aromatic N) is 2. The zero-order valence-electron chi connectivity index (χ0n) is 8.94. The number of aromatic nitrogens is 2. The van der Waals surface area contributed by atoms with Crippen molar-refractivity contribution in [1.82, 2.24) is 15.5 Å². The number of Topliss-reactive ketones (excluding diaryl/α,β-unsaturated/α-hetero) is 1. The number of rotatable bonds is 3. The molecule has 0 aromatic carbocycles. The molecule has 0 atom stereocenters. The smallest absolute Gasteiger partial charge is 0.271 e. The van der Waals surface area contributed by atoms with E-state index in [0.29, 0.717) is 0 Å². The molecule has 0 radical (unpaired) electrons. The summed E-state index contributed by atoms with van der Waals surface area (Å²) in [6, 6.07) is 3.03. The first-order chi connectivity index (χ1) is 7.00. The predicted octanol–water partition coefficient (Wildman–Crippen LogP) is 0.817. The summed E-state index contributed by atoms with van der Waals surface area (Å²) in [7, 11) is 0. The highest BCUT2D eigenvalue weighted by Gasteiger charge is 2.10. The molecule has 15 heavy (non-hydrogen) atoms. The monoisotopic (exact) mass is 207 g/mol. The first kappa shape index (κ1) is 11.3. The zero-order chi connectivity index (χ0) is 11.4. The average Bonchev–Trinajstić information content (AvgIpc) is 2.17. The number of ketones is 1. The topological polar surface area (TPSA) is 72.0 Å². The molecule has 0 bridgehead atoms. The van der Waals surface area contributed by atoms with Gasteiger partial charge in [0.1, 0.15) is 5.69 Å². The summed E-state index contributed by atoms with van der Waals surface area (Å²) in [5.41, 5.74) is 0.477. The molecule has 1 rings (SSSR count). The molecule has 80 valence electrons. The Kier molecular flexibility index (Phi) is 3.49. The van der Waals surface area contributed by atoms with Gasteiger partial charge in [0, 0.05) is 13.0 Å². The Hall–Kier alpha value is -1.78. The molecule has 0 unspecified atom stereocenters. The second kappa shape index (κ2) is 4.63. The van der Waals surface area contributed by atoms with Crippen molar-refractivity contribution in [3.05, 3.63) is 23.5 Å². The van der Waals surface area contributed by atoms with Gasteiger partial charge in [-0.1, -0.05) is 0 Å². The first-order valence-corrected chi connectivity index (χ1v) is 4.66. The van der Waals surface area contributed by atoms with Crippen molar-refractivity contribution in [2.24, 2.45) is 0 Å². The molecule has 1 N–H and O–H groups in total. The summed E-state index contributed by atoms with van der Waals surface area (Å²) in [5.74, 6) is -0.453. The molecule has 1 aromatic heterocycles. The van der Waals surface area contributed by atoms with E-state index in [9.17, 15) is 9.59 Å². The van der Waals surface area contributed by atoms with E-state index >= 15 is 0 Å². The maximum atomic E-state index is 11.4. The summed E-state index contributed by atoms with van der Waals surface area (Å²) < 4.78 is 0. The third-order valence-electron chi connectivity index (χ3n) is 1.68. The molecule has 0 aliphatic carbocycles. The van der Waals surface area contributed by atoms with E-state index in [0.717, 1.165) is 0 Å². The lowest BCUT2D eigenvalue weighted by Gasteiger charge is -2.06. The van der Waals surface area contributed by atoms with Crippen LogP contribution in [-0.4, -0.2) is 27.9 Å². The fraction of sp³-hybridized carbons (Fsp3) is 0.400. The summed E-state index contributed by atoms with van der Waals surface area (Å²) in [6.45, 7) is 5.11. The van der Waals surface area contributed by atoms with E-state index in [1.165, 1.54) is 19.1 Å². The lowest BCUT2D eigenvalue weighted by molar-refractivity contribution is 0.0933. The lowest BCUT2D eigenvalue weighted by Crippen LogP contribution is -2.31. The molecule has 0 aliphatic heterocycles. The fourth-order valence-corrected chi connectivity index (χ4v) is 0.977. The molecule has 0 fully saturated rings. The van der Waals surface area contributed by atoms with Gasteiger partial charge in [0.15, 0.2) is 11.5 Å². The number of carbonyl (C=O) groups excluding carboxylic acids is 2. The average molecular weight is 207 g/mol. The minimum Gasteiger partial charge on any atom is -0.348 e. The van der Waals surface area contributed by atoms with Crippen LogP contribution < -0.4 is 5.32 Å². The number of nitrogens with one attached hydrogen (secondary N) is 1. The van der Waals surface area contributed by atoms with Crippen LogP contribution in [-0.2, 0) is 0 Å². The van der Waals surface area contributed by atoms with Crippen LogP contribution in [0.4, 0.5) is 0 Å². The normalized spacial score (nSPS) is 10.1. The van der Waals surface area contributed by atoms with Crippen LogP contribution in [0.15, 0.2) is 12.1 Å². The van der Waals surface area contributed by atoms with Crippen LogP contribution in [0.5, 0.6) is 0 Å². The van der Waals surface area contributed by atoms with Crippen molar-refractivity contribution in [2.75, 3.05) is 0 Å². The highest BCUT2D eigenvalue weighted by atomic mass is 16.2. The zero-order valence-corrected chi connectivity index (χ0v) is 8.94. The number of carbonyl (C=O) groups is 2. The van der Waals surface area contributed by atoms with Gasteiger partial charge in [-0.25, -0.2) is 0 Å². The summed E-state index contributed by atoms with van der Waals surface area (Å²) in [5, 5.41) is 10.00. The molecule has 1 amide bonds. The molecular weight excluding hydrogens is 194 g/mol. The molecule has 1 aromatic rings. The molecule has 5 heteroatoms. The van der Waals surface area contributed by atoms with Crippen molar-refractivity contribution in [2.45, 2.75) is 26.8 Å². The van der Waals surface area contributed by atoms with Gasteiger partial charge in [0.25, 0.3) is 5.91 Å². The van der Waals surface area contributed by atoms with Crippen LogP contribution in [0.25, 0.3) is 0 Å². The van der Waals surface area contributed by atoms with Gasteiger partial charge in [-0.2, -0.15) is 0 Å². The Bertz CT molecular complexity index is 371. The van der Waals surface area contributed by atoms with Crippen LogP contribution in [0.3, 0.4) is 0 Å². The summed E-state index contributed by atoms with van der Waals surface area (Å²) >= 11 is 0. The van der Waals surface area contributed by atoms with Crippen LogP contribution >= 0.6 is 0 Å². The van der Waals surface area contributed by atoms with Crippen molar-refractivity contribution >= 4 is 11.7 Å². The number of amides is 1. The van der Waals surface area contributed by atoms with Gasteiger partial charge >= 0.3 is 0 Å². The van der Waals surface area contributed by atoms with Gasteiger partial charge < -0.3 is 5.32 Å². The quantitative estimate of drug-likeness (QED) is 0.745. The molecule has 0 aliphatic rings. The van der Waals surface area contributed by atoms with E-state index in [2.05, 4.69) is 15.5 Å². The molecule has 0 saturated carbocycles. The molecule has 5 nitrogen and oxygen atoms in total. The van der Waals surface area contributed by atoms with E-state index in [1.807, 2.05) is 13.8 Å². The van der Waals surface area contributed by atoms with Gasteiger partial charge in [-0.15, -0.1) is 10.2 Å². The van der Waals surface area contributed by atoms with Crippen LogP contribution in [0.2, 0.25) is 0 Å². The van der Waals surface area contributed by atoms with Crippen LogP contribution in [0, 0.1) is 0 Å². The molecule has 0 spiro atoms. The fourth-order valence-electron chi connectivity index (χ4n) is 0.977. The van der Waals surface area contributed by atoms with Crippen molar-refractivity contribution < 1.29 is 9.59 Å². The highest BCUT2D eigenvalue weighted by molar-refractivity contribution is 5.94. The highest BCUT2D eigenvalue weighted by Crippen LogP contribution is 1.98. The van der Waals surface area contributed by atoms with Gasteiger partial charge in [-0.05, 0) is 26.0 Å². The molecular formula is C10H13N3O2. The third-order valence-corrected chi connectivity index (χ3v) is 1.68. The second-order valence-electron chi connectivity index (χ2n) is 3.49. The minimum atomic E-state index is -0.285. The molecule has 0 saturated heterocycles. The van der Waals surface area contributed by atoms with Crippen molar-refractivity contribution in [3.8, 4) is 0 Å². The molecule has 1 heterocycles. The third kappa shape index (κ3) is 3.12. The number of hydrogen-bond donors (Lipinski definition) is 1. The minimum absolute atomic E-state index is 0.0479. The predicted molar refractivity (Wildman–Crippen MR) is 54.6 cm³/mol. The second-order valence-corrected chi connectivity index (χ2v) is 3.49. The standard InChI is InChI=1S/C10H13N3O2/c1-6(2)11-10(15)9-5-4-8(7(3)14)12-13-9/h4-6H,1-3H3,(H,11,15). The van der Waals surface area contributed by atoms with E-state index in [4.69, 9.17) is 0 Å². The Labute approximate surface area is 87.9 Å². The van der Waals surface area contributed by atoms with E-state index in [1.54, 1.807) is 0 Å². The Morgan fingerprint density at radius 1 is 1.20 bits per heavy atom. The SMILES string of the molecule is CC(=O)c1ccc(C(=O)NC(C)C)nn1. The number of hydrogen-bond acceptors (Lipinski definition) is 4. The Morgan fingerprint density at radius 2 is 1.73 bits per heavy atom. The largest absolute Gasteiger partial charge is 0.348 e. The van der Waals surface area contributed by atoms with Crippen molar-refractivity contribution in [1.29, 1.82) is 0 Å². The Morgan fingerprint density at radius 3 is 2.13 bits per heavy atom.